The summed E-state index contributed by atoms with van der Waals surface area (Å²) in [6.07, 6.45) is 0. The predicted octanol–water partition coefficient (Wildman–Crippen LogP) is 3.51. The third kappa shape index (κ3) is 3.00. The van der Waals surface area contributed by atoms with Crippen molar-refractivity contribution in [3.8, 4) is 0 Å². The Morgan fingerprint density at radius 2 is 1.57 bits per heavy atom. The predicted molar refractivity (Wildman–Crippen MR) is 94.4 cm³/mol. The summed E-state index contributed by atoms with van der Waals surface area (Å²) >= 11 is 0. The minimum absolute atomic E-state index is 0.270. The molecular weight excluding hydrogens is 308 g/mol. The summed E-state index contributed by atoms with van der Waals surface area (Å²) in [5.74, 6) is 0. The molecule has 0 fully saturated rings. The van der Waals surface area contributed by atoms with Crippen LogP contribution in [0.2, 0.25) is 0 Å². The average Bonchev–Trinajstić information content (AvgIpc) is 2.54. The minimum atomic E-state index is -3.66. The van der Waals surface area contributed by atoms with Crippen LogP contribution in [0.3, 0.4) is 0 Å². The first-order valence-electron chi connectivity index (χ1n) is 7.17. The lowest BCUT2D eigenvalue weighted by molar-refractivity contribution is 0.602. The van der Waals surface area contributed by atoms with Crippen molar-refractivity contribution in [1.82, 2.24) is 0 Å². The van der Waals surface area contributed by atoms with Gasteiger partial charge in [0.05, 0.1) is 4.90 Å². The van der Waals surface area contributed by atoms with Gasteiger partial charge in [-0.2, -0.15) is 0 Å². The standard InChI is InChI=1S/C18H17N2O2S/c1-20(2)17-12-6-11-16-15(17)10-7-13-18(16)23(21,22)19-14-8-4-3-5-9-14/h4-13,19H,1-2H3. The smallest absolute Gasteiger partial charge is 0.262 e. The van der Waals surface area contributed by atoms with Crippen LogP contribution in [0.15, 0.2) is 65.6 Å². The zero-order valence-electron chi connectivity index (χ0n) is 12.9. The molecule has 0 aliphatic carbocycles. The van der Waals surface area contributed by atoms with Gasteiger partial charge in [-0.3, -0.25) is 4.72 Å². The Morgan fingerprint density at radius 1 is 0.913 bits per heavy atom. The highest BCUT2D eigenvalue weighted by atomic mass is 32.2. The summed E-state index contributed by atoms with van der Waals surface area (Å²) in [5, 5.41) is 1.61. The summed E-state index contributed by atoms with van der Waals surface area (Å²) in [6.45, 7) is 0. The van der Waals surface area contributed by atoms with Crippen LogP contribution in [0, 0.1) is 6.07 Å². The molecule has 3 aromatic rings. The van der Waals surface area contributed by atoms with E-state index in [2.05, 4.69) is 10.8 Å². The van der Waals surface area contributed by atoms with Crippen molar-refractivity contribution in [2.45, 2.75) is 4.90 Å². The molecule has 0 unspecified atom stereocenters. The summed E-state index contributed by atoms with van der Waals surface area (Å²) in [7, 11) is 0.214. The normalized spacial score (nSPS) is 11.4. The number of benzene rings is 3. The van der Waals surface area contributed by atoms with Crippen LogP contribution in [-0.2, 0) is 10.0 Å². The molecule has 3 aromatic carbocycles. The van der Waals surface area contributed by atoms with Gasteiger partial charge in [-0.15, -0.1) is 0 Å². The first-order chi connectivity index (χ1) is 11.0. The number of nitrogens with one attached hydrogen (secondary N) is 1. The van der Waals surface area contributed by atoms with Gasteiger partial charge in [-0.25, -0.2) is 8.42 Å². The lowest BCUT2D eigenvalue weighted by Gasteiger charge is -2.17. The number of sulfonamides is 1. The van der Waals surface area contributed by atoms with Crippen LogP contribution in [0.25, 0.3) is 10.8 Å². The average molecular weight is 325 g/mol. The molecule has 0 amide bonds. The van der Waals surface area contributed by atoms with Crippen LogP contribution in [0.5, 0.6) is 0 Å². The van der Waals surface area contributed by atoms with Crippen LogP contribution in [0.4, 0.5) is 11.4 Å². The van der Waals surface area contributed by atoms with Gasteiger partial charge in [0.1, 0.15) is 0 Å². The van der Waals surface area contributed by atoms with E-state index in [0.29, 0.717) is 11.1 Å². The maximum Gasteiger partial charge on any atom is 0.262 e. The van der Waals surface area contributed by atoms with E-state index in [1.807, 2.05) is 43.3 Å². The van der Waals surface area contributed by atoms with E-state index >= 15 is 0 Å². The van der Waals surface area contributed by atoms with Crippen molar-refractivity contribution in [2.75, 3.05) is 23.7 Å². The summed E-state index contributed by atoms with van der Waals surface area (Å²) in [6, 6.07) is 20.6. The molecule has 5 heteroatoms. The fourth-order valence-electron chi connectivity index (χ4n) is 2.55. The number of fused-ring (bicyclic) bond motifs is 1. The first kappa shape index (κ1) is 15.4. The van der Waals surface area contributed by atoms with Crippen molar-refractivity contribution in [3.05, 3.63) is 66.7 Å². The van der Waals surface area contributed by atoms with E-state index in [-0.39, 0.29) is 4.90 Å². The van der Waals surface area contributed by atoms with Crippen LogP contribution < -0.4 is 9.62 Å². The molecule has 1 radical (unpaired) electrons. The molecule has 23 heavy (non-hydrogen) atoms. The van der Waals surface area contributed by atoms with Gasteiger partial charge >= 0.3 is 0 Å². The highest BCUT2D eigenvalue weighted by Gasteiger charge is 2.18. The molecule has 0 heterocycles. The number of rotatable bonds is 4. The molecule has 0 aliphatic rings. The van der Waals surface area contributed by atoms with Gasteiger partial charge in [-0.1, -0.05) is 36.4 Å². The molecule has 117 valence electrons. The minimum Gasteiger partial charge on any atom is -0.377 e. The van der Waals surface area contributed by atoms with Gasteiger partial charge in [0.2, 0.25) is 0 Å². The molecule has 0 aliphatic heterocycles. The lowest BCUT2D eigenvalue weighted by atomic mass is 10.1. The fraction of sp³-hybridized carbons (Fsp3) is 0.111. The van der Waals surface area contributed by atoms with Crippen molar-refractivity contribution >= 4 is 32.2 Å². The number of anilines is 2. The second-order valence-corrected chi connectivity index (χ2v) is 7.07. The number of hydrogen-bond acceptors (Lipinski definition) is 3. The quantitative estimate of drug-likeness (QED) is 0.798. The van der Waals surface area contributed by atoms with E-state index < -0.39 is 10.0 Å². The maximum atomic E-state index is 12.8. The van der Waals surface area contributed by atoms with Gasteiger partial charge in [0, 0.05) is 36.2 Å². The molecule has 0 saturated heterocycles. The van der Waals surface area contributed by atoms with Gasteiger partial charge in [0.25, 0.3) is 10.0 Å². The molecule has 4 nitrogen and oxygen atoms in total. The van der Waals surface area contributed by atoms with Crippen LogP contribution >= 0.6 is 0 Å². The molecule has 0 atom stereocenters. The lowest BCUT2D eigenvalue weighted by Crippen LogP contribution is -2.14. The summed E-state index contributed by atoms with van der Waals surface area (Å²) < 4.78 is 28.1. The Morgan fingerprint density at radius 3 is 2.26 bits per heavy atom. The zero-order chi connectivity index (χ0) is 16.4. The highest BCUT2D eigenvalue weighted by Crippen LogP contribution is 2.30. The Bertz CT molecular complexity index is 936. The molecule has 0 spiro atoms. The fourth-order valence-corrected chi connectivity index (χ4v) is 3.84. The monoisotopic (exact) mass is 325 g/mol. The van der Waals surface area contributed by atoms with E-state index in [9.17, 15) is 8.42 Å². The Hall–Kier alpha value is -2.53. The Kier molecular flexibility index (Phi) is 3.96. The Balaban J connectivity index is 2.14. The molecular formula is C18H17N2O2S. The summed E-state index contributed by atoms with van der Waals surface area (Å²) in [4.78, 5) is 2.24. The van der Waals surface area contributed by atoms with Gasteiger partial charge < -0.3 is 4.90 Å². The SMILES string of the molecule is CN(C)c1cccc2c(S(=O)(=O)Nc3cc[c]cc3)cccc12. The van der Waals surface area contributed by atoms with Crippen LogP contribution in [-0.4, -0.2) is 22.5 Å². The van der Waals surface area contributed by atoms with Gasteiger partial charge in [0.15, 0.2) is 0 Å². The number of hydrogen-bond donors (Lipinski definition) is 1. The second kappa shape index (κ2) is 5.93. The molecule has 0 saturated carbocycles. The number of nitrogens with zero attached hydrogens (tertiary/aromatic N) is 1. The first-order valence-corrected chi connectivity index (χ1v) is 8.65. The molecule has 1 N–H and O–H groups in total. The zero-order valence-corrected chi connectivity index (χ0v) is 13.8. The van der Waals surface area contributed by atoms with Crippen molar-refractivity contribution < 1.29 is 8.42 Å². The Labute approximate surface area is 136 Å². The molecule has 0 aromatic heterocycles. The third-order valence-corrected chi connectivity index (χ3v) is 5.04. The van der Waals surface area contributed by atoms with E-state index in [0.717, 1.165) is 11.1 Å². The topological polar surface area (TPSA) is 49.4 Å². The maximum absolute atomic E-state index is 12.8. The molecule has 0 bridgehead atoms. The highest BCUT2D eigenvalue weighted by molar-refractivity contribution is 7.93. The van der Waals surface area contributed by atoms with E-state index in [4.69, 9.17) is 0 Å². The van der Waals surface area contributed by atoms with Crippen molar-refractivity contribution in [2.24, 2.45) is 0 Å². The molecule has 3 rings (SSSR count). The summed E-state index contributed by atoms with van der Waals surface area (Å²) in [5.41, 5.74) is 1.50. The van der Waals surface area contributed by atoms with Crippen molar-refractivity contribution in [1.29, 1.82) is 0 Å². The largest absolute Gasteiger partial charge is 0.377 e. The van der Waals surface area contributed by atoms with E-state index in [1.165, 1.54) is 0 Å². The third-order valence-electron chi connectivity index (χ3n) is 3.60. The van der Waals surface area contributed by atoms with Crippen LogP contribution in [0.1, 0.15) is 0 Å². The van der Waals surface area contributed by atoms with E-state index in [1.54, 1.807) is 36.4 Å². The van der Waals surface area contributed by atoms with Gasteiger partial charge in [-0.05, 0) is 30.3 Å². The van der Waals surface area contributed by atoms with Crippen molar-refractivity contribution in [3.63, 3.8) is 0 Å². The second-order valence-electron chi connectivity index (χ2n) is 5.42.